The Labute approximate surface area is 186 Å². The summed E-state index contributed by atoms with van der Waals surface area (Å²) < 4.78 is 11.2. The molecule has 0 saturated carbocycles. The van der Waals surface area contributed by atoms with Crippen molar-refractivity contribution in [2.45, 2.75) is 144 Å². The largest absolute Gasteiger partial charge is 0.462 e. The van der Waals surface area contributed by atoms with E-state index >= 15 is 0 Å². The van der Waals surface area contributed by atoms with Crippen LogP contribution in [0.1, 0.15) is 110 Å². The van der Waals surface area contributed by atoms with Crippen molar-refractivity contribution in [1.29, 1.82) is 0 Å². The van der Waals surface area contributed by atoms with Gasteiger partial charge in [0.2, 0.25) is 0 Å². The van der Waals surface area contributed by atoms with E-state index in [-0.39, 0.29) is 63.1 Å². The number of rotatable bonds is 4. The molecule has 0 spiro atoms. The number of esters is 2. The maximum Gasteiger partial charge on any atom is 0.317 e. The molecule has 0 aromatic rings. The van der Waals surface area contributed by atoms with Gasteiger partial charge in [-0.1, -0.05) is 22.3 Å². The fourth-order valence-corrected chi connectivity index (χ4v) is 5.20. The lowest BCUT2D eigenvalue weighted by Gasteiger charge is -2.46. The van der Waals surface area contributed by atoms with E-state index < -0.39 is 11.9 Å². The Balaban J connectivity index is 0. The van der Waals surface area contributed by atoms with Crippen LogP contribution in [-0.4, -0.2) is 46.3 Å². The lowest BCUT2D eigenvalue weighted by molar-refractivity contribution is -0.164. The van der Waals surface area contributed by atoms with Crippen molar-refractivity contribution < 1.29 is 19.1 Å². The molecule has 0 radical (unpaired) electrons. The summed E-state index contributed by atoms with van der Waals surface area (Å²) in [6.45, 7) is 16.8. The van der Waals surface area contributed by atoms with Gasteiger partial charge in [-0.2, -0.15) is 0 Å². The molecule has 2 fully saturated rings. The molecule has 2 N–H and O–H groups in total. The fourth-order valence-electron chi connectivity index (χ4n) is 5.20. The summed E-state index contributed by atoms with van der Waals surface area (Å²) in [5.41, 5.74) is -0.447. The fraction of sp³-hybridized carbons (Fsp3) is 0.917. The number of carbonyl (C=O) groups is 2. The number of nitrogens with one attached hydrogen (secondary N) is 2. The van der Waals surface area contributed by atoms with E-state index in [2.05, 4.69) is 66.0 Å². The molecule has 2 saturated heterocycles. The first-order valence-electron chi connectivity index (χ1n) is 10.0. The van der Waals surface area contributed by atoms with Crippen molar-refractivity contribution in [2.75, 3.05) is 0 Å². The van der Waals surface area contributed by atoms with Gasteiger partial charge < -0.3 is 20.1 Å². The first-order chi connectivity index (χ1) is 12.1. The second-order valence-corrected chi connectivity index (χ2v) is 11.0. The van der Waals surface area contributed by atoms with Gasteiger partial charge in [-0.25, -0.2) is 0 Å². The Morgan fingerprint density at radius 2 is 0.867 bits per heavy atom. The van der Waals surface area contributed by atoms with Crippen LogP contribution < -0.4 is 10.6 Å². The SMILES string of the molecule is C.C.C.CC1(C)CC(OC(=O)CC(=O)OC2CC(C)(C)NC(C)(C)C2)CC(C)(C)N1. The lowest BCUT2D eigenvalue weighted by atomic mass is 9.81. The van der Waals surface area contributed by atoms with Crippen LogP contribution in [0, 0.1) is 0 Å². The summed E-state index contributed by atoms with van der Waals surface area (Å²) in [4.78, 5) is 24.6. The Kier molecular flexibility index (Phi) is 10.8. The summed E-state index contributed by atoms with van der Waals surface area (Å²) in [6.07, 6.45) is 2.22. The number of hydrogen-bond acceptors (Lipinski definition) is 6. The van der Waals surface area contributed by atoms with Gasteiger partial charge in [0.05, 0.1) is 0 Å². The Bertz CT molecular complexity index is 500. The zero-order valence-electron chi connectivity index (χ0n) is 18.3. The Hall–Kier alpha value is -1.14. The second-order valence-electron chi connectivity index (χ2n) is 11.0. The van der Waals surface area contributed by atoms with Crippen LogP contribution in [-0.2, 0) is 19.1 Å². The number of piperidine rings is 2. The average Bonchev–Trinajstić information content (AvgIpc) is 2.28. The first-order valence-corrected chi connectivity index (χ1v) is 10.0. The van der Waals surface area contributed by atoms with Gasteiger partial charge in [0.1, 0.15) is 18.6 Å². The molecule has 180 valence electrons. The minimum absolute atomic E-state index is 0. The van der Waals surface area contributed by atoms with Crippen molar-refractivity contribution in [3.63, 3.8) is 0 Å². The molecule has 0 aromatic heterocycles. The third-order valence-corrected chi connectivity index (χ3v) is 5.19. The number of hydrogen-bond donors (Lipinski definition) is 2. The summed E-state index contributed by atoms with van der Waals surface area (Å²) in [6, 6.07) is 0. The predicted octanol–water partition coefficient (Wildman–Crippen LogP) is 4.99. The van der Waals surface area contributed by atoms with E-state index in [0.29, 0.717) is 0 Å². The van der Waals surface area contributed by atoms with Gasteiger partial charge in [-0.05, 0) is 55.4 Å². The minimum Gasteiger partial charge on any atom is -0.462 e. The summed E-state index contributed by atoms with van der Waals surface area (Å²) >= 11 is 0. The zero-order valence-corrected chi connectivity index (χ0v) is 18.3. The summed E-state index contributed by atoms with van der Waals surface area (Å²) in [5, 5.41) is 7.11. The van der Waals surface area contributed by atoms with E-state index in [9.17, 15) is 9.59 Å². The number of ether oxygens (including phenoxy) is 2. The van der Waals surface area contributed by atoms with E-state index in [4.69, 9.17) is 9.47 Å². The minimum atomic E-state index is -0.494. The molecule has 2 heterocycles. The third kappa shape index (κ3) is 9.78. The average molecular weight is 431 g/mol. The zero-order chi connectivity index (χ0) is 20.7. The highest BCUT2D eigenvalue weighted by Gasteiger charge is 2.41. The van der Waals surface area contributed by atoms with Gasteiger partial charge in [0.15, 0.2) is 0 Å². The van der Waals surface area contributed by atoms with Gasteiger partial charge in [-0.3, -0.25) is 9.59 Å². The number of carbonyl (C=O) groups excluding carboxylic acids is 2. The molecular formula is C24H50N2O4. The molecule has 2 aliphatic heterocycles. The van der Waals surface area contributed by atoms with Crippen molar-refractivity contribution in [3.8, 4) is 0 Å². The highest BCUT2D eigenvalue weighted by molar-refractivity contribution is 5.91. The first kappa shape index (κ1) is 31.0. The quantitative estimate of drug-likeness (QED) is 0.483. The maximum atomic E-state index is 12.3. The highest BCUT2D eigenvalue weighted by atomic mass is 16.6. The van der Waals surface area contributed by atoms with E-state index in [0.717, 1.165) is 25.7 Å². The molecule has 0 atom stereocenters. The molecule has 2 aliphatic rings. The molecule has 0 aliphatic carbocycles. The maximum absolute atomic E-state index is 12.3. The Morgan fingerprint density at radius 3 is 1.10 bits per heavy atom. The molecule has 0 bridgehead atoms. The predicted molar refractivity (Wildman–Crippen MR) is 126 cm³/mol. The molecule has 0 aromatic carbocycles. The van der Waals surface area contributed by atoms with Crippen LogP contribution in [0.15, 0.2) is 0 Å². The van der Waals surface area contributed by atoms with Crippen LogP contribution in [0.2, 0.25) is 0 Å². The topological polar surface area (TPSA) is 76.7 Å². The molecule has 6 heteroatoms. The molecule has 0 amide bonds. The van der Waals surface area contributed by atoms with Gasteiger partial charge in [0, 0.05) is 47.8 Å². The summed E-state index contributed by atoms with van der Waals surface area (Å²) in [7, 11) is 0. The van der Waals surface area contributed by atoms with Crippen molar-refractivity contribution in [1.82, 2.24) is 10.6 Å². The molecule has 30 heavy (non-hydrogen) atoms. The third-order valence-electron chi connectivity index (χ3n) is 5.19. The van der Waals surface area contributed by atoms with E-state index in [1.54, 1.807) is 0 Å². The molecule has 2 rings (SSSR count). The lowest BCUT2D eigenvalue weighted by Crippen LogP contribution is -2.60. The van der Waals surface area contributed by atoms with Crippen molar-refractivity contribution >= 4 is 11.9 Å². The van der Waals surface area contributed by atoms with Gasteiger partial charge in [0.25, 0.3) is 0 Å². The van der Waals surface area contributed by atoms with Crippen LogP contribution in [0.3, 0.4) is 0 Å². The normalized spacial score (nSPS) is 24.3. The smallest absolute Gasteiger partial charge is 0.317 e. The van der Waals surface area contributed by atoms with E-state index in [1.165, 1.54) is 0 Å². The van der Waals surface area contributed by atoms with Crippen LogP contribution in [0.25, 0.3) is 0 Å². The van der Waals surface area contributed by atoms with Gasteiger partial charge in [-0.15, -0.1) is 0 Å². The van der Waals surface area contributed by atoms with Crippen LogP contribution in [0.4, 0.5) is 0 Å². The molecular weight excluding hydrogens is 380 g/mol. The van der Waals surface area contributed by atoms with Gasteiger partial charge >= 0.3 is 11.9 Å². The van der Waals surface area contributed by atoms with Crippen LogP contribution >= 0.6 is 0 Å². The van der Waals surface area contributed by atoms with Crippen molar-refractivity contribution in [3.05, 3.63) is 0 Å². The van der Waals surface area contributed by atoms with Crippen molar-refractivity contribution in [2.24, 2.45) is 0 Å². The summed E-state index contributed by atoms with van der Waals surface area (Å²) in [5.74, 6) is -0.989. The molecule has 6 nitrogen and oxygen atoms in total. The monoisotopic (exact) mass is 430 g/mol. The Morgan fingerprint density at radius 1 is 0.633 bits per heavy atom. The van der Waals surface area contributed by atoms with Crippen LogP contribution in [0.5, 0.6) is 0 Å². The van der Waals surface area contributed by atoms with E-state index in [1.807, 2.05) is 0 Å². The standard InChI is InChI=1S/C21H38N2O4.3CH4/c1-18(2)10-14(11-19(3,4)22-18)26-16(24)9-17(25)27-15-12-20(5,6)23-21(7,8)13-15;;;/h14-15,22-23H,9-13H2,1-8H3;3*1H4. The molecule has 0 unspecified atom stereocenters. The second kappa shape index (κ2) is 10.4. The highest BCUT2D eigenvalue weighted by Crippen LogP contribution is 2.32.